The van der Waals surface area contributed by atoms with Crippen molar-refractivity contribution in [2.75, 3.05) is 6.54 Å². The number of amidine groups is 1. The fourth-order valence-electron chi connectivity index (χ4n) is 1.42. The average Bonchev–Trinajstić information content (AvgIpc) is 2.44. The van der Waals surface area contributed by atoms with Gasteiger partial charge in [0.15, 0.2) is 5.56 Å². The van der Waals surface area contributed by atoms with Crippen molar-refractivity contribution < 1.29 is 36.9 Å². The zero-order chi connectivity index (χ0) is 17.1. The number of carboxylic acid groups (broad SMARTS) is 2. The summed E-state index contributed by atoms with van der Waals surface area (Å²) in [5.74, 6) is -1.38. The van der Waals surface area contributed by atoms with Crippen molar-refractivity contribution in [3.8, 4) is 0 Å². The summed E-state index contributed by atoms with van der Waals surface area (Å²) in [7, 11) is 0. The van der Waals surface area contributed by atoms with Crippen LogP contribution in [0, 0.1) is 6.92 Å². The van der Waals surface area contributed by atoms with E-state index in [1.54, 1.807) is 25.1 Å². The predicted molar refractivity (Wildman–Crippen MR) is 84.9 cm³/mol. The van der Waals surface area contributed by atoms with Gasteiger partial charge in [-0.3, -0.25) is 9.79 Å². The van der Waals surface area contributed by atoms with Crippen LogP contribution in [-0.4, -0.2) is 40.6 Å². The molecule has 7 nitrogen and oxygen atoms in total. The van der Waals surface area contributed by atoms with E-state index in [9.17, 15) is 9.59 Å². The number of hydrogen-bond acceptors (Lipinski definition) is 4. The zero-order valence-electron chi connectivity index (χ0n) is 12.8. The van der Waals surface area contributed by atoms with E-state index in [2.05, 4.69) is 11.9 Å². The van der Waals surface area contributed by atoms with Gasteiger partial charge in [-0.1, -0.05) is 0 Å². The number of nitrogens with two attached hydrogens (primary N) is 2. The second-order valence-corrected chi connectivity index (χ2v) is 4.57. The largest absolute Gasteiger partial charge is 0.480 e. The second-order valence-electron chi connectivity index (χ2n) is 4.57. The summed E-state index contributed by atoms with van der Waals surface area (Å²) in [6.45, 7) is 5.80. The SMILES string of the molecule is CC(N)=NCCCC(N)C(=O)O.[CH2+]c1ccccc1C(=O)O.[Cu]. The predicted octanol–water partition coefficient (Wildman–Crippen LogP) is 1.12. The summed E-state index contributed by atoms with van der Waals surface area (Å²) in [6.07, 6.45) is 1.09. The van der Waals surface area contributed by atoms with Crippen LogP contribution in [0.25, 0.3) is 0 Å². The molecular formula is C15H22CuN3O4+. The minimum Gasteiger partial charge on any atom is -0.480 e. The van der Waals surface area contributed by atoms with Crippen LogP contribution in [0.5, 0.6) is 0 Å². The van der Waals surface area contributed by atoms with Crippen LogP contribution in [0.3, 0.4) is 0 Å². The topological polar surface area (TPSA) is 139 Å². The third kappa shape index (κ3) is 11.2. The van der Waals surface area contributed by atoms with Crippen molar-refractivity contribution in [3.63, 3.8) is 0 Å². The number of carbonyl (C=O) groups is 2. The van der Waals surface area contributed by atoms with Crippen LogP contribution in [0.4, 0.5) is 0 Å². The van der Waals surface area contributed by atoms with E-state index in [1.807, 2.05) is 0 Å². The summed E-state index contributed by atoms with van der Waals surface area (Å²) in [6, 6.07) is 5.86. The summed E-state index contributed by atoms with van der Waals surface area (Å²) in [5, 5.41) is 16.9. The van der Waals surface area contributed by atoms with Crippen molar-refractivity contribution in [3.05, 3.63) is 42.3 Å². The molecule has 1 atom stereocenters. The van der Waals surface area contributed by atoms with Crippen LogP contribution in [0.1, 0.15) is 35.7 Å². The van der Waals surface area contributed by atoms with Gasteiger partial charge in [-0.05, 0) is 31.9 Å². The van der Waals surface area contributed by atoms with E-state index in [0.717, 1.165) is 0 Å². The molecule has 0 amide bonds. The Morgan fingerprint density at radius 3 is 2.26 bits per heavy atom. The molecule has 1 rings (SSSR count). The smallest absolute Gasteiger partial charge is 0.394 e. The van der Waals surface area contributed by atoms with E-state index >= 15 is 0 Å². The van der Waals surface area contributed by atoms with Gasteiger partial charge in [0, 0.05) is 42.7 Å². The third-order valence-electron chi connectivity index (χ3n) is 2.60. The number of aromatic carboxylic acids is 1. The maximum Gasteiger partial charge on any atom is 0.394 e. The molecule has 0 aromatic heterocycles. The van der Waals surface area contributed by atoms with Gasteiger partial charge in [-0.2, -0.15) is 0 Å². The molecule has 0 aliphatic heterocycles. The van der Waals surface area contributed by atoms with Crippen LogP contribution in [0.15, 0.2) is 29.3 Å². The molecular weight excluding hydrogens is 350 g/mol. The van der Waals surface area contributed by atoms with E-state index in [1.165, 1.54) is 6.07 Å². The van der Waals surface area contributed by atoms with E-state index in [-0.39, 0.29) is 22.6 Å². The molecule has 1 aromatic rings. The average molecular weight is 372 g/mol. The summed E-state index contributed by atoms with van der Waals surface area (Å²) >= 11 is 0. The molecule has 0 fully saturated rings. The zero-order valence-corrected chi connectivity index (χ0v) is 13.8. The summed E-state index contributed by atoms with van der Waals surface area (Å²) in [5.41, 5.74) is 11.3. The third-order valence-corrected chi connectivity index (χ3v) is 2.60. The number of carboxylic acids is 2. The van der Waals surface area contributed by atoms with Gasteiger partial charge < -0.3 is 21.7 Å². The standard InChI is InChI=1S/C8H6O2.C7H15N3O2.Cu/c1-6-4-2-3-5-7(6)8(9)10;1-5(8)10-4-2-3-6(9)7(11)12;/h2-5H,1H2;6H,2-4,9H2,1H3,(H2,8,10)(H,11,12);/p+1. The first-order valence-electron chi connectivity index (χ1n) is 6.65. The van der Waals surface area contributed by atoms with Crippen molar-refractivity contribution in [2.45, 2.75) is 25.8 Å². The normalized spacial score (nSPS) is 11.5. The van der Waals surface area contributed by atoms with Crippen LogP contribution in [-0.2, 0) is 21.9 Å². The molecule has 8 heteroatoms. The Balaban J connectivity index is 0. The Labute approximate surface area is 146 Å². The van der Waals surface area contributed by atoms with E-state index < -0.39 is 18.0 Å². The molecule has 0 aliphatic rings. The minimum atomic E-state index is -0.969. The number of hydrogen-bond donors (Lipinski definition) is 4. The molecule has 6 N–H and O–H groups in total. The van der Waals surface area contributed by atoms with Crippen molar-refractivity contribution >= 4 is 17.8 Å². The Bertz CT molecular complexity index is 531. The van der Waals surface area contributed by atoms with Gasteiger partial charge >= 0.3 is 11.9 Å². The molecule has 1 aromatic carbocycles. The van der Waals surface area contributed by atoms with Crippen LogP contribution < -0.4 is 11.5 Å². The van der Waals surface area contributed by atoms with Crippen LogP contribution >= 0.6 is 0 Å². The molecule has 0 spiro atoms. The molecule has 1 unspecified atom stereocenters. The van der Waals surface area contributed by atoms with Crippen LogP contribution in [0.2, 0.25) is 0 Å². The number of aliphatic imine (C=N–C) groups is 1. The van der Waals surface area contributed by atoms with E-state index in [4.69, 9.17) is 21.7 Å². The second kappa shape index (κ2) is 12.5. The maximum atomic E-state index is 10.4. The number of benzene rings is 1. The molecule has 23 heavy (non-hydrogen) atoms. The van der Waals surface area contributed by atoms with Gasteiger partial charge in [0.1, 0.15) is 11.6 Å². The Morgan fingerprint density at radius 2 is 1.87 bits per heavy atom. The molecule has 0 saturated heterocycles. The maximum absolute atomic E-state index is 10.4. The van der Waals surface area contributed by atoms with Crippen molar-refractivity contribution in [1.29, 1.82) is 0 Å². The van der Waals surface area contributed by atoms with Gasteiger partial charge in [0.2, 0.25) is 0 Å². The quantitative estimate of drug-likeness (QED) is 0.194. The summed E-state index contributed by atoms with van der Waals surface area (Å²) < 4.78 is 0. The van der Waals surface area contributed by atoms with E-state index in [0.29, 0.717) is 30.8 Å². The first kappa shape index (κ1) is 23.2. The number of aliphatic carboxylic acids is 1. The van der Waals surface area contributed by atoms with Gasteiger partial charge in [-0.25, -0.2) is 4.79 Å². The van der Waals surface area contributed by atoms with Crippen molar-refractivity contribution in [2.24, 2.45) is 16.5 Å². The van der Waals surface area contributed by atoms with Gasteiger partial charge in [0.25, 0.3) is 0 Å². The molecule has 0 bridgehead atoms. The van der Waals surface area contributed by atoms with Gasteiger partial charge in [-0.15, -0.1) is 0 Å². The summed E-state index contributed by atoms with van der Waals surface area (Å²) in [4.78, 5) is 24.5. The fourth-order valence-corrected chi connectivity index (χ4v) is 1.42. The Morgan fingerprint density at radius 1 is 1.30 bits per heavy atom. The Hall–Kier alpha value is -2.02. The molecule has 0 saturated carbocycles. The Kier molecular flexibility index (Phi) is 12.7. The van der Waals surface area contributed by atoms with Gasteiger partial charge in [0.05, 0.1) is 5.84 Å². The monoisotopic (exact) mass is 371 g/mol. The molecule has 131 valence electrons. The first-order valence-corrected chi connectivity index (χ1v) is 6.65. The first-order chi connectivity index (χ1) is 10.3. The van der Waals surface area contributed by atoms with Crippen molar-refractivity contribution in [1.82, 2.24) is 0 Å². The molecule has 1 radical (unpaired) electrons. The molecule has 0 aliphatic carbocycles. The fraction of sp³-hybridized carbons (Fsp3) is 0.333. The number of rotatable bonds is 6. The minimum absolute atomic E-state index is 0. The number of nitrogens with zero attached hydrogens (tertiary/aromatic N) is 1. The molecule has 0 heterocycles.